The van der Waals surface area contributed by atoms with E-state index in [4.69, 9.17) is 0 Å². The minimum Gasteiger partial charge on any atom is -0.298 e. The third kappa shape index (κ3) is 6.77. The summed E-state index contributed by atoms with van der Waals surface area (Å²) in [6.45, 7) is 4.50. The molecule has 0 bridgehead atoms. The van der Waals surface area contributed by atoms with E-state index in [1.165, 1.54) is 38.5 Å². The van der Waals surface area contributed by atoms with Gasteiger partial charge in [0.25, 0.3) is 0 Å². The van der Waals surface area contributed by atoms with Gasteiger partial charge in [-0.15, -0.1) is 0 Å². The Balaban J connectivity index is 3.25. The molecule has 1 unspecified atom stereocenters. The average molecular weight is 175 g/mol. The van der Waals surface area contributed by atoms with E-state index < -0.39 is 0 Å². The molecule has 0 aromatic carbocycles. The first-order chi connectivity index (χ1) is 5.35. The van der Waals surface area contributed by atoms with Crippen molar-refractivity contribution < 1.29 is 0 Å². The van der Waals surface area contributed by atoms with Crippen molar-refractivity contribution in [3.05, 3.63) is 0 Å². The molecule has 0 aromatic heterocycles. The van der Waals surface area contributed by atoms with Crippen LogP contribution in [0.1, 0.15) is 52.4 Å². The summed E-state index contributed by atoms with van der Waals surface area (Å²) >= 11 is 0. The molecular weight excluding hydrogens is 153 g/mol. The molecule has 0 aliphatic rings. The Morgan fingerprint density at radius 3 is 1.82 bits per heavy atom. The molecule has 0 heterocycles. The van der Waals surface area contributed by atoms with Crippen LogP contribution in [0.15, 0.2) is 0 Å². The van der Waals surface area contributed by atoms with Crippen LogP contribution in [-0.4, -0.2) is 6.04 Å². The fourth-order valence-electron chi connectivity index (χ4n) is 1.21. The Morgan fingerprint density at radius 2 is 1.55 bits per heavy atom. The molecule has 0 rings (SSSR count). The van der Waals surface area contributed by atoms with E-state index in [0.29, 0.717) is 0 Å². The third-order valence-corrected chi connectivity index (χ3v) is 2.52. The molecule has 0 spiro atoms. The zero-order valence-electron chi connectivity index (χ0n) is 7.90. The van der Waals surface area contributed by atoms with Crippen molar-refractivity contribution in [1.82, 2.24) is 5.09 Å². The summed E-state index contributed by atoms with van der Waals surface area (Å²) in [5, 5.41) is 3.29. The largest absolute Gasteiger partial charge is 0.298 e. The molecule has 1 N–H and O–H groups in total. The van der Waals surface area contributed by atoms with Crippen LogP contribution in [0.2, 0.25) is 0 Å². The molecule has 0 aliphatic carbocycles. The van der Waals surface area contributed by atoms with Crippen molar-refractivity contribution in [2.75, 3.05) is 0 Å². The fraction of sp³-hybridized carbons (Fsp3) is 1.00. The number of nitrogens with one attached hydrogen (secondary N) is 1. The third-order valence-electron chi connectivity index (χ3n) is 2.05. The summed E-state index contributed by atoms with van der Waals surface area (Å²) in [6, 6.07) is 0.736. The van der Waals surface area contributed by atoms with E-state index >= 15 is 0 Å². The first kappa shape index (κ1) is 11.4. The van der Waals surface area contributed by atoms with E-state index in [2.05, 4.69) is 28.3 Å². The number of hydrogen-bond donors (Lipinski definition) is 1. The van der Waals surface area contributed by atoms with Crippen LogP contribution >= 0.6 is 9.39 Å². The van der Waals surface area contributed by atoms with Gasteiger partial charge in [-0.25, -0.2) is 0 Å². The Hall–Kier alpha value is 0.390. The minimum atomic E-state index is 0.736. The first-order valence-corrected chi connectivity index (χ1v) is 5.39. The summed E-state index contributed by atoms with van der Waals surface area (Å²) in [4.78, 5) is 0. The highest BCUT2D eigenvalue weighted by Crippen LogP contribution is 2.09. The highest BCUT2D eigenvalue weighted by Gasteiger charge is 2.02. The SMILES string of the molecule is CCCCC(CCCC)NP. The van der Waals surface area contributed by atoms with E-state index in [-0.39, 0.29) is 0 Å². The second-order valence-electron chi connectivity index (χ2n) is 3.15. The van der Waals surface area contributed by atoms with Gasteiger partial charge >= 0.3 is 0 Å². The van der Waals surface area contributed by atoms with Crippen molar-refractivity contribution >= 4 is 9.39 Å². The van der Waals surface area contributed by atoms with Crippen LogP contribution < -0.4 is 5.09 Å². The number of rotatable bonds is 7. The van der Waals surface area contributed by atoms with Gasteiger partial charge in [0.15, 0.2) is 0 Å². The van der Waals surface area contributed by atoms with Gasteiger partial charge in [-0.3, -0.25) is 5.09 Å². The topological polar surface area (TPSA) is 12.0 Å². The highest BCUT2D eigenvalue weighted by molar-refractivity contribution is 7.13. The van der Waals surface area contributed by atoms with Crippen LogP contribution in [-0.2, 0) is 0 Å². The lowest BCUT2D eigenvalue weighted by molar-refractivity contribution is 0.496. The zero-order chi connectivity index (χ0) is 8.53. The molecule has 68 valence electrons. The lowest BCUT2D eigenvalue weighted by atomic mass is 10.1. The smallest absolute Gasteiger partial charge is 0.00988 e. The van der Waals surface area contributed by atoms with Gasteiger partial charge in [-0.2, -0.15) is 0 Å². The summed E-state index contributed by atoms with van der Waals surface area (Å²) in [5.41, 5.74) is 0. The maximum atomic E-state index is 3.29. The summed E-state index contributed by atoms with van der Waals surface area (Å²) in [5.74, 6) is 0. The standard InChI is InChI=1S/C9H22NP/c1-3-5-7-9(10-11)8-6-4-2/h9-10H,3-8,11H2,1-2H3. The van der Waals surface area contributed by atoms with Gasteiger partial charge in [-0.05, 0) is 12.8 Å². The lowest BCUT2D eigenvalue weighted by Crippen LogP contribution is -2.19. The van der Waals surface area contributed by atoms with Crippen LogP contribution in [0.3, 0.4) is 0 Å². The molecule has 2 heteroatoms. The summed E-state index contributed by atoms with van der Waals surface area (Å²) in [7, 11) is 2.63. The van der Waals surface area contributed by atoms with Crippen LogP contribution in [0.5, 0.6) is 0 Å². The van der Waals surface area contributed by atoms with Crippen molar-refractivity contribution in [1.29, 1.82) is 0 Å². The summed E-state index contributed by atoms with van der Waals surface area (Å²) in [6.07, 6.45) is 8.01. The Kier molecular flexibility index (Phi) is 8.79. The fourth-order valence-corrected chi connectivity index (χ4v) is 1.55. The predicted octanol–water partition coefficient (Wildman–Crippen LogP) is 3.12. The Labute approximate surface area is 73.6 Å². The highest BCUT2D eigenvalue weighted by atomic mass is 31.0. The molecule has 0 fully saturated rings. The van der Waals surface area contributed by atoms with Crippen LogP contribution in [0.4, 0.5) is 0 Å². The summed E-state index contributed by atoms with van der Waals surface area (Å²) < 4.78 is 0. The van der Waals surface area contributed by atoms with E-state index in [1.807, 2.05) is 0 Å². The number of hydrogen-bond acceptors (Lipinski definition) is 1. The molecule has 1 nitrogen and oxygen atoms in total. The van der Waals surface area contributed by atoms with Crippen molar-refractivity contribution in [2.24, 2.45) is 0 Å². The molecule has 0 saturated heterocycles. The van der Waals surface area contributed by atoms with Gasteiger partial charge in [0, 0.05) is 6.04 Å². The van der Waals surface area contributed by atoms with Gasteiger partial charge in [0.2, 0.25) is 0 Å². The van der Waals surface area contributed by atoms with Gasteiger partial charge in [0.05, 0.1) is 0 Å². The van der Waals surface area contributed by atoms with Crippen molar-refractivity contribution in [3.63, 3.8) is 0 Å². The molecule has 1 atom stereocenters. The second-order valence-corrected chi connectivity index (χ2v) is 3.48. The van der Waals surface area contributed by atoms with E-state index in [9.17, 15) is 0 Å². The molecule has 0 amide bonds. The Morgan fingerprint density at radius 1 is 1.09 bits per heavy atom. The molecule has 11 heavy (non-hydrogen) atoms. The van der Waals surface area contributed by atoms with E-state index in [0.717, 1.165) is 6.04 Å². The maximum Gasteiger partial charge on any atom is 0.00988 e. The average Bonchev–Trinajstić information content (AvgIpc) is 2.05. The van der Waals surface area contributed by atoms with Crippen LogP contribution in [0.25, 0.3) is 0 Å². The Bertz CT molecular complexity index is 68.0. The molecule has 0 saturated carbocycles. The van der Waals surface area contributed by atoms with Crippen molar-refractivity contribution in [2.45, 2.75) is 58.4 Å². The predicted molar refractivity (Wildman–Crippen MR) is 55.7 cm³/mol. The van der Waals surface area contributed by atoms with Gasteiger partial charge in [-0.1, -0.05) is 48.9 Å². The maximum absolute atomic E-state index is 3.29. The van der Waals surface area contributed by atoms with Crippen molar-refractivity contribution in [3.8, 4) is 0 Å². The van der Waals surface area contributed by atoms with Crippen LogP contribution in [0, 0.1) is 0 Å². The first-order valence-electron chi connectivity index (χ1n) is 4.81. The number of unbranched alkanes of at least 4 members (excludes halogenated alkanes) is 2. The monoisotopic (exact) mass is 175 g/mol. The minimum absolute atomic E-state index is 0.736. The van der Waals surface area contributed by atoms with Gasteiger partial charge in [0.1, 0.15) is 0 Å². The molecule has 0 radical (unpaired) electrons. The molecule has 0 aliphatic heterocycles. The van der Waals surface area contributed by atoms with E-state index in [1.54, 1.807) is 0 Å². The molecule has 0 aromatic rings. The zero-order valence-corrected chi connectivity index (χ0v) is 9.05. The lowest BCUT2D eigenvalue weighted by Gasteiger charge is -2.14. The second kappa shape index (κ2) is 8.49. The molecular formula is C9H22NP. The normalized spacial score (nSPS) is 10.9. The van der Waals surface area contributed by atoms with Gasteiger partial charge < -0.3 is 0 Å². The quantitative estimate of drug-likeness (QED) is 0.586.